The average Bonchev–Trinajstić information content (AvgIpc) is 2.76. The molecule has 0 aliphatic rings. The number of carbonyl (C=O) groups excluding carboxylic acids is 3. The van der Waals surface area contributed by atoms with Crippen molar-refractivity contribution < 1.29 is 14.4 Å². The van der Waals surface area contributed by atoms with Crippen LogP contribution in [0.5, 0.6) is 0 Å². The van der Waals surface area contributed by atoms with E-state index >= 15 is 0 Å². The van der Waals surface area contributed by atoms with Gasteiger partial charge in [-0.05, 0) is 36.1 Å². The van der Waals surface area contributed by atoms with Crippen LogP contribution in [0, 0.1) is 5.92 Å². The van der Waals surface area contributed by atoms with E-state index < -0.39 is 17.9 Å². The fraction of sp³-hybridized carbons (Fsp3) is 0.391. The molecule has 30 heavy (non-hydrogen) atoms. The first-order valence-corrected chi connectivity index (χ1v) is 10.3. The summed E-state index contributed by atoms with van der Waals surface area (Å²) in [6, 6.07) is 12.4. The van der Waals surface area contributed by atoms with Crippen LogP contribution in [0.1, 0.15) is 43.7 Å². The van der Waals surface area contributed by atoms with Crippen molar-refractivity contribution in [3.05, 3.63) is 66.0 Å². The van der Waals surface area contributed by atoms with Gasteiger partial charge in [-0.1, -0.05) is 50.1 Å². The molecule has 1 heterocycles. The van der Waals surface area contributed by atoms with Crippen molar-refractivity contribution in [1.82, 2.24) is 15.6 Å². The predicted octanol–water partition coefficient (Wildman–Crippen LogP) is 2.11. The van der Waals surface area contributed by atoms with Crippen molar-refractivity contribution in [3.63, 3.8) is 0 Å². The molecule has 0 saturated carbocycles. The molecule has 2 rings (SSSR count). The van der Waals surface area contributed by atoms with Gasteiger partial charge in [0.1, 0.15) is 6.04 Å². The van der Waals surface area contributed by atoms with Crippen molar-refractivity contribution >= 4 is 17.7 Å². The van der Waals surface area contributed by atoms with Crippen LogP contribution in [0.2, 0.25) is 0 Å². The van der Waals surface area contributed by atoms with Crippen molar-refractivity contribution in [1.29, 1.82) is 0 Å². The minimum Gasteiger partial charge on any atom is -0.368 e. The predicted molar refractivity (Wildman–Crippen MR) is 115 cm³/mol. The number of nitrogens with two attached hydrogens (primary N) is 1. The number of hydrogen-bond acceptors (Lipinski definition) is 4. The first-order valence-electron chi connectivity index (χ1n) is 10.3. The Hall–Kier alpha value is -3.22. The van der Waals surface area contributed by atoms with Crippen molar-refractivity contribution in [2.75, 3.05) is 0 Å². The summed E-state index contributed by atoms with van der Waals surface area (Å²) >= 11 is 0. The van der Waals surface area contributed by atoms with Gasteiger partial charge in [0.25, 0.3) is 0 Å². The van der Waals surface area contributed by atoms with E-state index in [9.17, 15) is 14.4 Å². The number of pyridine rings is 1. The number of rotatable bonds is 12. The number of amides is 3. The van der Waals surface area contributed by atoms with E-state index in [1.165, 1.54) is 0 Å². The lowest BCUT2D eigenvalue weighted by Crippen LogP contribution is -2.47. The van der Waals surface area contributed by atoms with E-state index in [4.69, 9.17) is 5.73 Å². The molecular formula is C23H30N4O3. The molecule has 7 nitrogen and oxygen atoms in total. The maximum atomic E-state index is 12.9. The SMILES string of the molecule is CCCCC(NC(=O)C(CC(=O)NCc1ccncc1)Cc1ccccc1)C(N)=O. The molecule has 0 spiro atoms. The summed E-state index contributed by atoms with van der Waals surface area (Å²) in [6.45, 7) is 2.37. The highest BCUT2D eigenvalue weighted by Gasteiger charge is 2.26. The molecule has 0 fully saturated rings. The number of nitrogens with one attached hydrogen (secondary N) is 2. The molecular weight excluding hydrogens is 380 g/mol. The minimum atomic E-state index is -0.726. The highest BCUT2D eigenvalue weighted by Crippen LogP contribution is 2.14. The maximum absolute atomic E-state index is 12.9. The third-order valence-corrected chi connectivity index (χ3v) is 4.87. The number of aromatic nitrogens is 1. The second-order valence-corrected chi connectivity index (χ2v) is 7.33. The smallest absolute Gasteiger partial charge is 0.239 e. The number of carbonyl (C=O) groups is 3. The fourth-order valence-electron chi connectivity index (χ4n) is 3.14. The molecule has 4 N–H and O–H groups in total. The molecule has 1 aromatic heterocycles. The van der Waals surface area contributed by atoms with Gasteiger partial charge in [0.05, 0.1) is 5.92 Å². The van der Waals surface area contributed by atoms with Crippen LogP contribution in [0.4, 0.5) is 0 Å². The molecule has 160 valence electrons. The van der Waals surface area contributed by atoms with E-state index in [0.717, 1.165) is 24.0 Å². The van der Waals surface area contributed by atoms with Crippen molar-refractivity contribution in [2.24, 2.45) is 11.7 Å². The molecule has 0 radical (unpaired) electrons. The Labute approximate surface area is 177 Å². The van der Waals surface area contributed by atoms with Crippen LogP contribution in [0.15, 0.2) is 54.9 Å². The highest BCUT2D eigenvalue weighted by atomic mass is 16.2. The summed E-state index contributed by atoms with van der Waals surface area (Å²) in [6.07, 6.45) is 5.90. The number of benzene rings is 1. The van der Waals surface area contributed by atoms with Gasteiger partial charge in [0.2, 0.25) is 17.7 Å². The lowest BCUT2D eigenvalue weighted by atomic mass is 9.94. The first kappa shape index (κ1) is 23.1. The Morgan fingerprint density at radius 1 is 1.03 bits per heavy atom. The zero-order chi connectivity index (χ0) is 21.8. The summed E-state index contributed by atoms with van der Waals surface area (Å²) in [4.78, 5) is 41.1. The van der Waals surface area contributed by atoms with E-state index in [1.54, 1.807) is 12.4 Å². The Kier molecular flexibility index (Phi) is 9.51. The second-order valence-electron chi connectivity index (χ2n) is 7.33. The van der Waals surface area contributed by atoms with E-state index in [1.807, 2.05) is 49.4 Å². The molecule has 0 aliphatic carbocycles. The number of hydrogen-bond donors (Lipinski definition) is 3. The maximum Gasteiger partial charge on any atom is 0.239 e. The summed E-state index contributed by atoms with van der Waals surface area (Å²) in [5, 5.41) is 5.59. The Morgan fingerprint density at radius 3 is 2.37 bits per heavy atom. The summed E-state index contributed by atoms with van der Waals surface area (Å²) in [7, 11) is 0. The molecule has 1 aromatic carbocycles. The summed E-state index contributed by atoms with van der Waals surface area (Å²) in [5.74, 6) is -1.73. The van der Waals surface area contributed by atoms with Gasteiger partial charge in [-0.3, -0.25) is 19.4 Å². The van der Waals surface area contributed by atoms with Crippen LogP contribution in [0.25, 0.3) is 0 Å². The monoisotopic (exact) mass is 410 g/mol. The van der Waals surface area contributed by atoms with Crippen LogP contribution in [-0.2, 0) is 27.3 Å². The zero-order valence-corrected chi connectivity index (χ0v) is 17.3. The first-order chi connectivity index (χ1) is 14.5. The van der Waals surface area contributed by atoms with Gasteiger partial charge < -0.3 is 16.4 Å². The average molecular weight is 411 g/mol. The molecule has 7 heteroatoms. The van der Waals surface area contributed by atoms with Crippen LogP contribution in [0.3, 0.4) is 0 Å². The molecule has 2 unspecified atom stereocenters. The van der Waals surface area contributed by atoms with Crippen LogP contribution < -0.4 is 16.4 Å². The van der Waals surface area contributed by atoms with Gasteiger partial charge in [0.15, 0.2) is 0 Å². The number of primary amides is 1. The molecule has 0 saturated heterocycles. The standard InChI is InChI=1S/C23H30N4O3/c1-2-3-9-20(22(24)29)27-23(30)19(14-17-7-5-4-6-8-17)15-21(28)26-16-18-10-12-25-13-11-18/h4-8,10-13,19-20H,2-3,9,14-16H2,1H3,(H2,24,29)(H,26,28)(H,27,30). The van der Waals surface area contributed by atoms with Crippen LogP contribution in [-0.4, -0.2) is 28.7 Å². The molecule has 3 amide bonds. The topological polar surface area (TPSA) is 114 Å². The van der Waals surface area contributed by atoms with Crippen LogP contribution >= 0.6 is 0 Å². The van der Waals surface area contributed by atoms with Gasteiger partial charge in [-0.25, -0.2) is 0 Å². The third kappa shape index (κ3) is 8.03. The highest BCUT2D eigenvalue weighted by molar-refractivity contribution is 5.90. The molecule has 0 bridgehead atoms. The minimum absolute atomic E-state index is 0.0189. The van der Waals surface area contributed by atoms with Gasteiger partial charge >= 0.3 is 0 Å². The number of nitrogens with zero attached hydrogens (tertiary/aromatic N) is 1. The zero-order valence-electron chi connectivity index (χ0n) is 17.3. The van der Waals surface area contributed by atoms with Gasteiger partial charge in [-0.2, -0.15) is 0 Å². The Morgan fingerprint density at radius 2 is 1.73 bits per heavy atom. The normalized spacial score (nSPS) is 12.6. The molecule has 2 aromatic rings. The molecule has 0 aliphatic heterocycles. The Balaban J connectivity index is 2.04. The fourth-order valence-corrected chi connectivity index (χ4v) is 3.14. The summed E-state index contributed by atoms with van der Waals surface area (Å²) < 4.78 is 0. The summed E-state index contributed by atoms with van der Waals surface area (Å²) in [5.41, 5.74) is 7.33. The van der Waals surface area contributed by atoms with Crippen molar-refractivity contribution in [2.45, 2.75) is 51.6 Å². The lowest BCUT2D eigenvalue weighted by molar-refractivity contribution is -0.132. The quantitative estimate of drug-likeness (QED) is 0.497. The lowest BCUT2D eigenvalue weighted by Gasteiger charge is -2.21. The van der Waals surface area contributed by atoms with Gasteiger partial charge in [0, 0.05) is 25.4 Å². The van der Waals surface area contributed by atoms with E-state index in [0.29, 0.717) is 19.4 Å². The van der Waals surface area contributed by atoms with E-state index in [-0.39, 0.29) is 18.2 Å². The Bertz CT molecular complexity index is 812. The second kappa shape index (κ2) is 12.4. The largest absolute Gasteiger partial charge is 0.368 e. The third-order valence-electron chi connectivity index (χ3n) is 4.87. The molecule has 2 atom stereocenters. The van der Waals surface area contributed by atoms with Gasteiger partial charge in [-0.15, -0.1) is 0 Å². The van der Waals surface area contributed by atoms with E-state index in [2.05, 4.69) is 15.6 Å². The number of unbranched alkanes of at least 4 members (excludes halogenated alkanes) is 1. The van der Waals surface area contributed by atoms with Crippen molar-refractivity contribution in [3.8, 4) is 0 Å².